The molecule has 0 aromatic carbocycles. The van der Waals surface area contributed by atoms with E-state index in [4.69, 9.17) is 0 Å². The van der Waals surface area contributed by atoms with Gasteiger partial charge in [0, 0.05) is 13.0 Å². The molecular formula is C14H25NO4. The van der Waals surface area contributed by atoms with Crippen molar-refractivity contribution in [2.24, 2.45) is 5.41 Å². The maximum absolute atomic E-state index is 11.9. The van der Waals surface area contributed by atoms with Gasteiger partial charge in [0.05, 0.1) is 11.0 Å². The van der Waals surface area contributed by atoms with Gasteiger partial charge in [-0.15, -0.1) is 0 Å². The lowest BCUT2D eigenvalue weighted by molar-refractivity contribution is -0.151. The second-order valence-electron chi connectivity index (χ2n) is 5.99. The summed E-state index contributed by atoms with van der Waals surface area (Å²) in [7, 11) is 0. The molecule has 5 heteroatoms. The highest BCUT2D eigenvalue weighted by molar-refractivity contribution is 5.85. The van der Waals surface area contributed by atoms with Gasteiger partial charge in [-0.2, -0.15) is 0 Å². The molecule has 1 aliphatic carbocycles. The van der Waals surface area contributed by atoms with E-state index < -0.39 is 17.0 Å². The first kappa shape index (κ1) is 16.0. The van der Waals surface area contributed by atoms with Crippen LogP contribution in [0.15, 0.2) is 0 Å². The predicted octanol–water partition coefficient (Wildman–Crippen LogP) is 1.69. The van der Waals surface area contributed by atoms with Gasteiger partial charge in [-0.25, -0.2) is 0 Å². The Balaban J connectivity index is 2.48. The number of amides is 1. The molecule has 19 heavy (non-hydrogen) atoms. The summed E-state index contributed by atoms with van der Waals surface area (Å²) in [5, 5.41) is 21.9. The van der Waals surface area contributed by atoms with Crippen LogP contribution in [0.2, 0.25) is 0 Å². The minimum Gasteiger partial charge on any atom is -0.481 e. The van der Waals surface area contributed by atoms with Crippen molar-refractivity contribution in [1.29, 1.82) is 0 Å². The first-order valence-corrected chi connectivity index (χ1v) is 7.04. The number of nitrogens with one attached hydrogen (secondary N) is 1. The Bertz CT molecular complexity index is 332. The van der Waals surface area contributed by atoms with Gasteiger partial charge in [0.15, 0.2) is 0 Å². The Morgan fingerprint density at radius 3 is 2.37 bits per heavy atom. The molecule has 0 spiro atoms. The van der Waals surface area contributed by atoms with Crippen LogP contribution in [0.5, 0.6) is 0 Å². The van der Waals surface area contributed by atoms with Crippen LogP contribution in [0.25, 0.3) is 0 Å². The highest BCUT2D eigenvalue weighted by Gasteiger charge is 2.43. The lowest BCUT2D eigenvalue weighted by atomic mass is 9.82. The normalized spacial score (nSPS) is 20.8. The minimum atomic E-state index is -0.920. The molecule has 110 valence electrons. The van der Waals surface area contributed by atoms with Gasteiger partial charge in [-0.05, 0) is 26.2 Å². The van der Waals surface area contributed by atoms with Crippen LogP contribution in [-0.2, 0) is 9.59 Å². The average Bonchev–Trinajstić information content (AvgIpc) is 2.76. The van der Waals surface area contributed by atoms with Crippen LogP contribution in [0, 0.1) is 5.41 Å². The molecule has 1 saturated carbocycles. The van der Waals surface area contributed by atoms with Crippen LogP contribution in [0.3, 0.4) is 0 Å². The Hall–Kier alpha value is -1.10. The molecule has 0 aromatic heterocycles. The van der Waals surface area contributed by atoms with E-state index >= 15 is 0 Å². The van der Waals surface area contributed by atoms with Crippen LogP contribution in [0.4, 0.5) is 0 Å². The molecular weight excluding hydrogens is 246 g/mol. The number of carbonyl (C=O) groups excluding carboxylic acids is 1. The van der Waals surface area contributed by atoms with E-state index in [0.717, 1.165) is 19.3 Å². The van der Waals surface area contributed by atoms with Gasteiger partial charge in [0.25, 0.3) is 0 Å². The lowest BCUT2D eigenvalue weighted by Gasteiger charge is -2.26. The Morgan fingerprint density at radius 2 is 1.89 bits per heavy atom. The fourth-order valence-electron chi connectivity index (χ4n) is 2.80. The molecule has 0 bridgehead atoms. The molecule has 0 saturated heterocycles. The number of hydrogen-bond donors (Lipinski definition) is 3. The van der Waals surface area contributed by atoms with Crippen LogP contribution >= 0.6 is 0 Å². The number of aliphatic hydroxyl groups is 1. The molecule has 1 fully saturated rings. The molecule has 1 amide bonds. The SMILES string of the molecule is CCCC(C)(O)CNC(=O)CC1(C(=O)O)CCCC1. The van der Waals surface area contributed by atoms with E-state index in [-0.39, 0.29) is 18.9 Å². The standard InChI is InChI=1S/C14H25NO4/c1-3-6-13(2,19)10-15-11(16)9-14(12(17)18)7-4-5-8-14/h19H,3-10H2,1-2H3,(H,15,16)(H,17,18). The highest BCUT2D eigenvalue weighted by Crippen LogP contribution is 2.41. The van der Waals surface area contributed by atoms with Crippen molar-refractivity contribution in [1.82, 2.24) is 5.32 Å². The third-order valence-electron chi connectivity index (χ3n) is 3.97. The minimum absolute atomic E-state index is 0.0184. The molecule has 5 nitrogen and oxygen atoms in total. The predicted molar refractivity (Wildman–Crippen MR) is 71.7 cm³/mol. The number of rotatable bonds is 7. The number of carboxylic acids is 1. The van der Waals surface area contributed by atoms with E-state index in [2.05, 4.69) is 5.32 Å². The summed E-state index contributed by atoms with van der Waals surface area (Å²) in [6.07, 6.45) is 4.34. The van der Waals surface area contributed by atoms with Gasteiger partial charge in [0.2, 0.25) is 5.91 Å². The maximum atomic E-state index is 11.9. The molecule has 0 aliphatic heterocycles. The Kier molecular flexibility index (Phi) is 5.35. The van der Waals surface area contributed by atoms with Gasteiger partial charge >= 0.3 is 5.97 Å². The highest BCUT2D eigenvalue weighted by atomic mass is 16.4. The molecule has 1 unspecified atom stereocenters. The number of carboxylic acid groups (broad SMARTS) is 1. The van der Waals surface area contributed by atoms with E-state index in [1.54, 1.807) is 6.92 Å². The zero-order valence-corrected chi connectivity index (χ0v) is 11.9. The van der Waals surface area contributed by atoms with Gasteiger partial charge < -0.3 is 15.5 Å². The molecule has 0 heterocycles. The second kappa shape index (κ2) is 6.37. The van der Waals surface area contributed by atoms with Crippen molar-refractivity contribution in [3.63, 3.8) is 0 Å². The van der Waals surface area contributed by atoms with Gasteiger partial charge in [-0.1, -0.05) is 26.2 Å². The van der Waals surface area contributed by atoms with Crippen LogP contribution < -0.4 is 5.32 Å². The van der Waals surface area contributed by atoms with Crippen LogP contribution in [0.1, 0.15) is 58.8 Å². The summed E-state index contributed by atoms with van der Waals surface area (Å²) in [5.41, 5.74) is -1.81. The molecule has 1 rings (SSSR count). The fraction of sp³-hybridized carbons (Fsp3) is 0.857. The van der Waals surface area contributed by atoms with E-state index in [0.29, 0.717) is 19.3 Å². The smallest absolute Gasteiger partial charge is 0.310 e. The van der Waals surface area contributed by atoms with Crippen molar-refractivity contribution in [3.8, 4) is 0 Å². The van der Waals surface area contributed by atoms with Crippen molar-refractivity contribution < 1.29 is 19.8 Å². The molecule has 0 aromatic rings. The summed E-state index contributed by atoms with van der Waals surface area (Å²) in [4.78, 5) is 23.2. The number of aliphatic carboxylic acids is 1. The topological polar surface area (TPSA) is 86.6 Å². The summed E-state index contributed by atoms with van der Waals surface area (Å²) < 4.78 is 0. The van der Waals surface area contributed by atoms with E-state index in [1.165, 1.54) is 0 Å². The van der Waals surface area contributed by atoms with Crippen molar-refractivity contribution >= 4 is 11.9 Å². The maximum Gasteiger partial charge on any atom is 0.310 e. The van der Waals surface area contributed by atoms with Crippen LogP contribution in [-0.4, -0.2) is 34.2 Å². The molecule has 3 N–H and O–H groups in total. The zero-order valence-electron chi connectivity index (χ0n) is 11.9. The van der Waals surface area contributed by atoms with Crippen molar-refractivity contribution in [2.45, 2.75) is 64.4 Å². The molecule has 0 radical (unpaired) electrons. The third kappa shape index (κ3) is 4.49. The zero-order chi connectivity index (χ0) is 14.5. The van der Waals surface area contributed by atoms with Crippen molar-refractivity contribution in [2.75, 3.05) is 6.54 Å². The fourth-order valence-corrected chi connectivity index (χ4v) is 2.80. The quantitative estimate of drug-likeness (QED) is 0.657. The summed E-state index contributed by atoms with van der Waals surface area (Å²) in [5.74, 6) is -1.15. The molecule has 1 atom stereocenters. The first-order valence-electron chi connectivity index (χ1n) is 7.04. The van der Waals surface area contributed by atoms with E-state index in [9.17, 15) is 19.8 Å². The molecule has 1 aliphatic rings. The summed E-state index contributed by atoms with van der Waals surface area (Å²) in [6, 6.07) is 0. The largest absolute Gasteiger partial charge is 0.481 e. The van der Waals surface area contributed by atoms with E-state index in [1.807, 2.05) is 6.92 Å². The van der Waals surface area contributed by atoms with Crippen molar-refractivity contribution in [3.05, 3.63) is 0 Å². The number of hydrogen-bond acceptors (Lipinski definition) is 3. The van der Waals surface area contributed by atoms with Gasteiger partial charge in [-0.3, -0.25) is 9.59 Å². The Morgan fingerprint density at radius 1 is 1.32 bits per heavy atom. The average molecular weight is 271 g/mol. The monoisotopic (exact) mass is 271 g/mol. The third-order valence-corrected chi connectivity index (χ3v) is 3.97. The number of carbonyl (C=O) groups is 2. The second-order valence-corrected chi connectivity index (χ2v) is 5.99. The Labute approximate surface area is 114 Å². The lowest BCUT2D eigenvalue weighted by Crippen LogP contribution is -2.43. The summed E-state index contributed by atoms with van der Waals surface area (Å²) >= 11 is 0. The van der Waals surface area contributed by atoms with Gasteiger partial charge in [0.1, 0.15) is 0 Å². The first-order chi connectivity index (χ1) is 8.81. The summed E-state index contributed by atoms with van der Waals surface area (Å²) in [6.45, 7) is 3.82.